The number of rotatable bonds is 5. The number of hydrogen-bond donors (Lipinski definition) is 3. The Morgan fingerprint density at radius 3 is 2.50 bits per heavy atom. The van der Waals surface area contributed by atoms with Crippen molar-refractivity contribution in [3.63, 3.8) is 0 Å². The van der Waals surface area contributed by atoms with Crippen molar-refractivity contribution in [2.75, 3.05) is 20.1 Å². The Morgan fingerprint density at radius 1 is 1.07 bits per heavy atom. The van der Waals surface area contributed by atoms with Crippen LogP contribution in [0.15, 0.2) is 59.6 Å². The molecule has 1 heterocycles. The molecule has 0 bridgehead atoms. The summed E-state index contributed by atoms with van der Waals surface area (Å²) in [6.07, 6.45) is 0.829. The highest BCUT2D eigenvalue weighted by Gasteiger charge is 2.33. The molecule has 148 valence electrons. The zero-order valence-electron chi connectivity index (χ0n) is 16.7. The van der Waals surface area contributed by atoms with E-state index >= 15 is 0 Å². The first-order valence-corrected chi connectivity index (χ1v) is 9.57. The van der Waals surface area contributed by atoms with E-state index in [1.54, 1.807) is 19.2 Å². The van der Waals surface area contributed by atoms with Gasteiger partial charge in [0.1, 0.15) is 11.4 Å². The van der Waals surface area contributed by atoms with E-state index in [-0.39, 0.29) is 17.6 Å². The number of nitrogens with one attached hydrogen (secondary N) is 3. The molecule has 2 aromatic rings. The lowest BCUT2D eigenvalue weighted by Gasteiger charge is -2.38. The number of ether oxygens (including phenoxy) is 1. The number of fused-ring (bicyclic) bond motifs is 1. The number of carbonyl (C=O) groups is 1. The molecule has 28 heavy (non-hydrogen) atoms. The number of para-hydroxylation sites is 1. The molecule has 0 aliphatic carbocycles. The molecule has 1 unspecified atom stereocenters. The molecule has 2 aromatic carbocycles. The van der Waals surface area contributed by atoms with Crippen molar-refractivity contribution >= 4 is 11.9 Å². The average molecular weight is 380 g/mol. The Hall–Kier alpha value is -3.02. The second-order valence-electron chi connectivity index (χ2n) is 7.42. The van der Waals surface area contributed by atoms with Gasteiger partial charge in [0, 0.05) is 37.7 Å². The van der Waals surface area contributed by atoms with E-state index < -0.39 is 0 Å². The fourth-order valence-electron chi connectivity index (χ4n) is 3.34. The lowest BCUT2D eigenvalue weighted by Crippen LogP contribution is -2.46. The third-order valence-corrected chi connectivity index (χ3v) is 4.65. The zero-order valence-corrected chi connectivity index (χ0v) is 16.7. The van der Waals surface area contributed by atoms with Crippen molar-refractivity contribution in [3.8, 4) is 5.75 Å². The molecule has 1 amide bonds. The second-order valence-corrected chi connectivity index (χ2v) is 7.42. The van der Waals surface area contributed by atoms with Gasteiger partial charge in [-0.3, -0.25) is 9.79 Å². The number of amides is 1. The van der Waals surface area contributed by atoms with Crippen molar-refractivity contribution in [2.45, 2.75) is 31.9 Å². The fraction of sp³-hybridized carbons (Fsp3) is 0.364. The van der Waals surface area contributed by atoms with Gasteiger partial charge in [-0.05, 0) is 32.0 Å². The largest absolute Gasteiger partial charge is 0.487 e. The molecule has 6 nitrogen and oxygen atoms in total. The normalized spacial score (nSPS) is 17.8. The summed E-state index contributed by atoms with van der Waals surface area (Å²) < 4.78 is 6.08. The van der Waals surface area contributed by atoms with E-state index in [1.807, 2.05) is 36.4 Å². The first-order valence-electron chi connectivity index (χ1n) is 9.57. The van der Waals surface area contributed by atoms with Crippen LogP contribution < -0.4 is 20.7 Å². The molecule has 3 rings (SSSR count). The summed E-state index contributed by atoms with van der Waals surface area (Å²) in [5, 5.41) is 9.66. The molecule has 0 radical (unpaired) electrons. The molecule has 1 atom stereocenters. The number of carbonyl (C=O) groups excluding carboxylic acids is 1. The van der Waals surface area contributed by atoms with E-state index in [0.29, 0.717) is 24.6 Å². The van der Waals surface area contributed by atoms with Crippen LogP contribution in [0.1, 0.15) is 42.2 Å². The Balaban J connectivity index is 1.53. The van der Waals surface area contributed by atoms with Gasteiger partial charge < -0.3 is 20.7 Å². The lowest BCUT2D eigenvalue weighted by atomic mass is 9.90. The summed E-state index contributed by atoms with van der Waals surface area (Å²) in [7, 11) is 1.74. The molecule has 1 aliphatic heterocycles. The maximum Gasteiger partial charge on any atom is 0.251 e. The molecular formula is C22H28N4O2. The highest BCUT2D eigenvalue weighted by molar-refractivity contribution is 5.94. The van der Waals surface area contributed by atoms with Crippen LogP contribution in [-0.2, 0) is 0 Å². The van der Waals surface area contributed by atoms with Gasteiger partial charge in [0.2, 0.25) is 0 Å². The first-order chi connectivity index (χ1) is 13.5. The van der Waals surface area contributed by atoms with Crippen LogP contribution >= 0.6 is 0 Å². The highest BCUT2D eigenvalue weighted by Crippen LogP contribution is 2.39. The van der Waals surface area contributed by atoms with Crippen molar-refractivity contribution < 1.29 is 9.53 Å². The van der Waals surface area contributed by atoms with E-state index in [4.69, 9.17) is 4.74 Å². The highest BCUT2D eigenvalue weighted by atomic mass is 16.5. The molecule has 1 aliphatic rings. The Bertz CT molecular complexity index is 833. The summed E-state index contributed by atoms with van der Waals surface area (Å²) in [6.45, 7) is 5.26. The van der Waals surface area contributed by atoms with Gasteiger partial charge in [0.05, 0.1) is 6.04 Å². The van der Waals surface area contributed by atoms with E-state index in [2.05, 4.69) is 40.9 Å². The molecule has 0 aromatic heterocycles. The topological polar surface area (TPSA) is 74.8 Å². The average Bonchev–Trinajstić information content (AvgIpc) is 2.69. The fourth-order valence-corrected chi connectivity index (χ4v) is 3.34. The van der Waals surface area contributed by atoms with Crippen molar-refractivity contribution in [1.29, 1.82) is 0 Å². The molecule has 0 saturated heterocycles. The Labute approximate surface area is 166 Å². The Morgan fingerprint density at radius 2 is 1.75 bits per heavy atom. The third kappa shape index (κ3) is 5.03. The smallest absolute Gasteiger partial charge is 0.251 e. The number of hydrogen-bond acceptors (Lipinski definition) is 3. The first kappa shape index (κ1) is 19.7. The van der Waals surface area contributed by atoms with Crippen LogP contribution in [0.2, 0.25) is 0 Å². The number of nitrogens with zero attached hydrogens (tertiary/aromatic N) is 1. The number of aliphatic imine (C=N–C) groups is 1. The molecular weight excluding hydrogens is 352 g/mol. The van der Waals surface area contributed by atoms with Crippen LogP contribution in [-0.4, -0.2) is 37.6 Å². The molecule has 0 saturated carbocycles. The van der Waals surface area contributed by atoms with Crippen LogP contribution in [0.25, 0.3) is 0 Å². The predicted molar refractivity (Wildman–Crippen MR) is 112 cm³/mol. The molecule has 0 fully saturated rings. The third-order valence-electron chi connectivity index (χ3n) is 4.65. The van der Waals surface area contributed by atoms with Gasteiger partial charge in [-0.25, -0.2) is 0 Å². The van der Waals surface area contributed by atoms with Crippen molar-refractivity contribution in [3.05, 3.63) is 65.7 Å². The van der Waals surface area contributed by atoms with Gasteiger partial charge in [-0.15, -0.1) is 0 Å². The summed E-state index contributed by atoms with van der Waals surface area (Å²) in [5.41, 5.74) is 1.53. The van der Waals surface area contributed by atoms with Crippen LogP contribution in [0.5, 0.6) is 5.75 Å². The quantitative estimate of drug-likeness (QED) is 0.424. The van der Waals surface area contributed by atoms with Gasteiger partial charge >= 0.3 is 0 Å². The summed E-state index contributed by atoms with van der Waals surface area (Å²) >= 11 is 0. The van der Waals surface area contributed by atoms with Gasteiger partial charge in [-0.1, -0.05) is 36.4 Å². The summed E-state index contributed by atoms with van der Waals surface area (Å²) in [6, 6.07) is 17.4. The monoisotopic (exact) mass is 380 g/mol. The number of guanidine groups is 1. The molecule has 3 N–H and O–H groups in total. The Kier molecular flexibility index (Phi) is 6.19. The predicted octanol–water partition coefficient (Wildman–Crippen LogP) is 2.88. The SMILES string of the molecule is CN=C(NCCNC(=O)c1ccccc1)NC1CC(C)(C)Oc2ccccc21. The maximum atomic E-state index is 12.1. The molecule has 0 spiro atoms. The summed E-state index contributed by atoms with van der Waals surface area (Å²) in [4.78, 5) is 16.4. The zero-order chi connectivity index (χ0) is 20.0. The van der Waals surface area contributed by atoms with Crippen LogP contribution in [0, 0.1) is 0 Å². The van der Waals surface area contributed by atoms with E-state index in [0.717, 1.165) is 17.7 Å². The minimum atomic E-state index is -0.255. The minimum absolute atomic E-state index is 0.0783. The van der Waals surface area contributed by atoms with Gasteiger partial charge in [0.25, 0.3) is 5.91 Å². The van der Waals surface area contributed by atoms with Crippen LogP contribution in [0.4, 0.5) is 0 Å². The summed E-state index contributed by atoms with van der Waals surface area (Å²) in [5.74, 6) is 1.53. The minimum Gasteiger partial charge on any atom is -0.487 e. The van der Waals surface area contributed by atoms with Crippen molar-refractivity contribution in [1.82, 2.24) is 16.0 Å². The maximum absolute atomic E-state index is 12.1. The van der Waals surface area contributed by atoms with E-state index in [1.165, 1.54) is 0 Å². The van der Waals surface area contributed by atoms with Gasteiger partial charge in [-0.2, -0.15) is 0 Å². The van der Waals surface area contributed by atoms with Crippen LogP contribution in [0.3, 0.4) is 0 Å². The lowest BCUT2D eigenvalue weighted by molar-refractivity contribution is 0.0694. The van der Waals surface area contributed by atoms with E-state index in [9.17, 15) is 4.79 Å². The second kappa shape index (κ2) is 8.78. The molecule has 6 heteroatoms. The number of benzene rings is 2. The van der Waals surface area contributed by atoms with Gasteiger partial charge in [0.15, 0.2) is 5.96 Å². The van der Waals surface area contributed by atoms with Crippen molar-refractivity contribution in [2.24, 2.45) is 4.99 Å². The standard InChI is InChI=1S/C22H28N4O2/c1-22(2)15-18(17-11-7-8-12-19(17)28-22)26-21(23-3)25-14-13-24-20(27)16-9-5-4-6-10-16/h4-12,18H,13-15H2,1-3H3,(H,24,27)(H2,23,25,26).